The summed E-state index contributed by atoms with van der Waals surface area (Å²) in [6, 6.07) is 1.42. The van der Waals surface area contributed by atoms with Crippen molar-refractivity contribution in [1.82, 2.24) is 0 Å². The van der Waals surface area contributed by atoms with Crippen LogP contribution in [0.15, 0.2) is 18.2 Å². The van der Waals surface area contributed by atoms with E-state index in [0.717, 1.165) is 0 Å². The van der Waals surface area contributed by atoms with Gasteiger partial charge in [0.2, 0.25) is 0 Å². The van der Waals surface area contributed by atoms with E-state index >= 15 is 0 Å². The van der Waals surface area contributed by atoms with E-state index in [4.69, 9.17) is 9.79 Å². The minimum Gasteiger partial charge on any atom is -0.317 e. The molecule has 1 aromatic carbocycles. The number of alkyl halides is 3. The predicted molar refractivity (Wildman–Crippen MR) is 56.0 cm³/mol. The smallest absolute Gasteiger partial charge is 0.317 e. The molecule has 6 nitrogen and oxygen atoms in total. The molecule has 1 aromatic rings. The summed E-state index contributed by atoms with van der Waals surface area (Å²) < 4.78 is 76.9. The summed E-state index contributed by atoms with van der Waals surface area (Å²) in [5, 5.41) is 9.62. The molecule has 0 aliphatic heterocycles. The third-order valence-electron chi connectivity index (χ3n) is 2.11. The van der Waals surface area contributed by atoms with E-state index in [0.29, 0.717) is 18.2 Å². The topological polar surface area (TPSA) is 104 Å². The first-order valence-corrected chi connectivity index (χ1v) is 6.94. The van der Waals surface area contributed by atoms with Gasteiger partial charge in [0.25, 0.3) is 0 Å². The zero-order chi connectivity index (χ0) is 15.7. The van der Waals surface area contributed by atoms with Gasteiger partial charge >= 0.3 is 28.0 Å². The van der Waals surface area contributed by atoms with E-state index in [1.165, 1.54) is 0 Å². The molecule has 0 aliphatic rings. The average molecular weight is 336 g/mol. The van der Waals surface area contributed by atoms with E-state index in [1.807, 2.05) is 0 Å². The van der Waals surface area contributed by atoms with Crippen molar-refractivity contribution in [2.24, 2.45) is 0 Å². The van der Waals surface area contributed by atoms with Crippen molar-refractivity contribution in [3.05, 3.63) is 35.1 Å². The fourth-order valence-electron chi connectivity index (χ4n) is 1.38. The molecule has 3 N–H and O–H groups in total. The lowest BCUT2D eigenvalue weighted by molar-refractivity contribution is -0.145. The summed E-state index contributed by atoms with van der Waals surface area (Å²) in [5.41, 5.74) is -7.36. The van der Waals surface area contributed by atoms with Crippen LogP contribution in [-0.2, 0) is 25.4 Å². The van der Waals surface area contributed by atoms with Crippen LogP contribution in [0.3, 0.4) is 0 Å². The van der Waals surface area contributed by atoms with Crippen molar-refractivity contribution in [2.45, 2.75) is 11.7 Å². The first-order chi connectivity index (χ1) is 9.00. The Hall–Kier alpha value is -1.02. The van der Waals surface area contributed by atoms with Crippen molar-refractivity contribution in [2.75, 3.05) is 0 Å². The molecule has 12 heteroatoms. The number of halogens is 4. The zero-order valence-corrected chi connectivity index (χ0v) is 11.0. The molecule has 3 unspecified atom stereocenters. The first kappa shape index (κ1) is 17.0. The molecule has 0 spiro atoms. The van der Waals surface area contributed by atoms with Gasteiger partial charge in [-0.2, -0.15) is 18.1 Å². The number of benzene rings is 1. The molecule has 0 aliphatic carbocycles. The molecule has 0 radical (unpaired) electrons. The number of hydrogen-bond acceptors (Lipinski definition) is 4. The lowest BCUT2D eigenvalue weighted by Gasteiger charge is -2.16. The van der Waals surface area contributed by atoms with Crippen molar-refractivity contribution in [3.63, 3.8) is 0 Å². The fourth-order valence-corrected chi connectivity index (χ4v) is 2.59. The Morgan fingerprint density at radius 3 is 2.10 bits per heavy atom. The Morgan fingerprint density at radius 2 is 1.70 bits per heavy atom. The van der Waals surface area contributed by atoms with Gasteiger partial charge < -0.3 is 5.11 Å². The van der Waals surface area contributed by atoms with Crippen LogP contribution in [0, 0.1) is 5.82 Å². The fraction of sp³-hybridized carbons (Fsp3) is 0.250. The molecule has 3 atom stereocenters. The Labute approximate surface area is 110 Å². The Balaban J connectivity index is 3.64. The third-order valence-corrected chi connectivity index (χ3v) is 3.51. The molecule has 0 fully saturated rings. The highest BCUT2D eigenvalue weighted by Gasteiger charge is 2.63. The van der Waals surface area contributed by atoms with E-state index in [2.05, 4.69) is 4.52 Å². The van der Waals surface area contributed by atoms with Crippen LogP contribution in [0.1, 0.15) is 11.1 Å². The summed E-state index contributed by atoms with van der Waals surface area (Å²) in [6.45, 7) is 0. The van der Waals surface area contributed by atoms with Gasteiger partial charge in [-0.25, -0.2) is 4.39 Å². The Kier molecular flexibility index (Phi) is 4.91. The first-order valence-electron chi connectivity index (χ1n) is 4.60. The average Bonchev–Trinajstić information content (AvgIpc) is 2.25. The molecule has 0 heterocycles. The van der Waals surface area contributed by atoms with Crippen LogP contribution in [0.25, 0.3) is 0 Å². The van der Waals surface area contributed by atoms with Crippen LogP contribution >= 0.6 is 16.3 Å². The maximum atomic E-state index is 13.5. The largest absolute Gasteiger partial charge is 0.702 e. The van der Waals surface area contributed by atoms with Crippen molar-refractivity contribution in [3.8, 4) is 0 Å². The SMILES string of the molecule is O=[P+](O)OC(O)(c1c(F)cccc1C(F)(F)F)[P+](=O)O. The van der Waals surface area contributed by atoms with Gasteiger partial charge in [0.15, 0.2) is 0 Å². The molecule has 0 aromatic heterocycles. The molecular weight excluding hydrogens is 330 g/mol. The highest BCUT2D eigenvalue weighted by Crippen LogP contribution is 2.51. The molecule has 1 rings (SSSR count). The Bertz CT molecular complexity index is 562. The molecule has 0 bridgehead atoms. The second-order valence-electron chi connectivity index (χ2n) is 3.37. The molecule has 20 heavy (non-hydrogen) atoms. The van der Waals surface area contributed by atoms with Gasteiger partial charge in [-0.1, -0.05) is 6.07 Å². The molecular formula is C8H6F4O6P2+2. The van der Waals surface area contributed by atoms with Crippen molar-refractivity contribution in [1.29, 1.82) is 0 Å². The van der Waals surface area contributed by atoms with E-state index in [1.54, 1.807) is 0 Å². The quantitative estimate of drug-likeness (QED) is 0.443. The minimum absolute atomic E-state index is 0.315. The number of hydrogen-bond donors (Lipinski definition) is 3. The van der Waals surface area contributed by atoms with E-state index in [-0.39, 0.29) is 0 Å². The van der Waals surface area contributed by atoms with Crippen molar-refractivity contribution < 1.29 is 46.1 Å². The molecule has 0 saturated carbocycles. The molecule has 110 valence electrons. The predicted octanol–water partition coefficient (Wildman–Crippen LogP) is 2.35. The lowest BCUT2D eigenvalue weighted by Crippen LogP contribution is -2.28. The van der Waals surface area contributed by atoms with Crippen LogP contribution in [0.5, 0.6) is 0 Å². The van der Waals surface area contributed by atoms with Gasteiger partial charge in [-0.05, 0) is 21.2 Å². The van der Waals surface area contributed by atoms with Gasteiger partial charge in [-0.15, -0.1) is 4.89 Å². The monoisotopic (exact) mass is 336 g/mol. The van der Waals surface area contributed by atoms with Crippen LogP contribution in [0.4, 0.5) is 17.6 Å². The number of rotatable bonds is 4. The summed E-state index contributed by atoms with van der Waals surface area (Å²) in [6.07, 6.45) is -5.19. The van der Waals surface area contributed by atoms with Crippen LogP contribution in [0.2, 0.25) is 0 Å². The third kappa shape index (κ3) is 3.35. The van der Waals surface area contributed by atoms with Crippen LogP contribution < -0.4 is 0 Å². The van der Waals surface area contributed by atoms with Gasteiger partial charge in [-0.3, -0.25) is 0 Å². The second kappa shape index (κ2) is 5.77. The van der Waals surface area contributed by atoms with E-state index in [9.17, 15) is 31.8 Å². The zero-order valence-electron chi connectivity index (χ0n) is 9.20. The number of aliphatic hydroxyl groups is 1. The van der Waals surface area contributed by atoms with Gasteiger partial charge in [0, 0.05) is 4.57 Å². The maximum absolute atomic E-state index is 13.5. The Morgan fingerprint density at radius 1 is 1.15 bits per heavy atom. The second-order valence-corrected chi connectivity index (χ2v) is 5.18. The van der Waals surface area contributed by atoms with Crippen LogP contribution in [-0.4, -0.2) is 14.9 Å². The van der Waals surface area contributed by atoms with Gasteiger partial charge in [0.1, 0.15) is 11.4 Å². The highest BCUT2D eigenvalue weighted by molar-refractivity contribution is 7.40. The lowest BCUT2D eigenvalue weighted by atomic mass is 10.1. The normalized spacial score (nSPS) is 16.6. The highest BCUT2D eigenvalue weighted by atomic mass is 31.1. The molecule has 0 amide bonds. The molecule has 0 saturated heterocycles. The standard InChI is InChI=1S/C8H4F4O6P2/c9-5-3-1-2-4(7(10,11)12)6(5)8(13,19(14)15)18-20(16)17/h1-3,13H/p+2. The van der Waals surface area contributed by atoms with Crippen molar-refractivity contribution >= 4 is 16.3 Å². The minimum atomic E-state index is -5.19. The van der Waals surface area contributed by atoms with E-state index < -0.39 is 44.9 Å². The summed E-state index contributed by atoms with van der Waals surface area (Å²) >= 11 is 0. The maximum Gasteiger partial charge on any atom is 0.702 e. The summed E-state index contributed by atoms with van der Waals surface area (Å²) in [7, 11) is -7.82. The summed E-state index contributed by atoms with van der Waals surface area (Å²) in [5.74, 6) is -1.73. The summed E-state index contributed by atoms with van der Waals surface area (Å²) in [4.78, 5) is 17.3. The van der Waals surface area contributed by atoms with Gasteiger partial charge in [0.05, 0.1) is 5.56 Å².